The number of aromatic carboxylic acids is 1. The summed E-state index contributed by atoms with van der Waals surface area (Å²) in [4.78, 5) is 28.3. The molecule has 0 bridgehead atoms. The minimum atomic E-state index is -1.24. The molecule has 8 heteroatoms. The first-order valence-electron chi connectivity index (χ1n) is 5.45. The number of rotatable bonds is 4. The van der Waals surface area contributed by atoms with Gasteiger partial charge >= 0.3 is 5.97 Å². The van der Waals surface area contributed by atoms with Crippen LogP contribution >= 0.6 is 0 Å². The van der Waals surface area contributed by atoms with Gasteiger partial charge in [0, 0.05) is 6.07 Å². The van der Waals surface area contributed by atoms with Crippen molar-refractivity contribution < 1.29 is 19.6 Å². The predicted molar refractivity (Wildman–Crippen MR) is 66.9 cm³/mol. The molecule has 0 amide bonds. The van der Waals surface area contributed by atoms with Crippen LogP contribution in [0.5, 0.6) is 11.6 Å². The maximum Gasteiger partial charge on any atom is 0.356 e. The molecule has 20 heavy (non-hydrogen) atoms. The molecule has 0 unspecified atom stereocenters. The zero-order chi connectivity index (χ0) is 14.7. The zero-order valence-electron chi connectivity index (χ0n) is 10.3. The largest absolute Gasteiger partial charge is 0.476 e. The number of ether oxygens (including phenoxy) is 1. The molecule has 0 saturated carbocycles. The average Bonchev–Trinajstić information content (AvgIpc) is 2.41. The molecule has 1 aromatic carbocycles. The van der Waals surface area contributed by atoms with E-state index in [1.54, 1.807) is 6.92 Å². The van der Waals surface area contributed by atoms with E-state index in [0.29, 0.717) is 5.56 Å². The fourth-order valence-corrected chi connectivity index (χ4v) is 1.43. The van der Waals surface area contributed by atoms with Crippen molar-refractivity contribution in [3.05, 3.63) is 52.0 Å². The number of nitro benzene ring substituents is 1. The Balaban J connectivity index is 2.34. The van der Waals surface area contributed by atoms with Crippen molar-refractivity contribution in [2.75, 3.05) is 0 Å². The van der Waals surface area contributed by atoms with Crippen LogP contribution in [0.15, 0.2) is 30.6 Å². The molecule has 0 aliphatic carbocycles. The lowest BCUT2D eigenvalue weighted by molar-refractivity contribution is -0.384. The average molecular weight is 275 g/mol. The van der Waals surface area contributed by atoms with Gasteiger partial charge in [-0.1, -0.05) is 0 Å². The minimum absolute atomic E-state index is 0.0477. The first-order valence-corrected chi connectivity index (χ1v) is 5.45. The molecule has 0 aliphatic heterocycles. The van der Waals surface area contributed by atoms with Crippen LogP contribution in [0.3, 0.4) is 0 Å². The van der Waals surface area contributed by atoms with Gasteiger partial charge in [0.2, 0.25) is 5.88 Å². The Morgan fingerprint density at radius 1 is 1.40 bits per heavy atom. The van der Waals surface area contributed by atoms with Crippen LogP contribution in [0, 0.1) is 17.0 Å². The number of nitrogens with zero attached hydrogens (tertiary/aromatic N) is 3. The van der Waals surface area contributed by atoms with E-state index in [2.05, 4.69) is 9.97 Å². The second-order valence-electron chi connectivity index (χ2n) is 3.86. The summed E-state index contributed by atoms with van der Waals surface area (Å²) in [5.41, 5.74) is 0.247. The summed E-state index contributed by atoms with van der Waals surface area (Å²) in [6.07, 6.45) is 2.31. The molecule has 8 nitrogen and oxygen atoms in total. The molecule has 2 rings (SSSR count). The molecule has 0 spiro atoms. The van der Waals surface area contributed by atoms with Crippen LogP contribution < -0.4 is 4.74 Å². The Morgan fingerprint density at radius 2 is 2.15 bits per heavy atom. The smallest absolute Gasteiger partial charge is 0.356 e. The van der Waals surface area contributed by atoms with Gasteiger partial charge in [-0.3, -0.25) is 15.1 Å². The van der Waals surface area contributed by atoms with Gasteiger partial charge in [0.15, 0.2) is 5.69 Å². The molecule has 2 aromatic rings. The summed E-state index contributed by atoms with van der Waals surface area (Å²) in [6.45, 7) is 1.70. The number of hydrogen-bond donors (Lipinski definition) is 1. The fourth-order valence-electron chi connectivity index (χ4n) is 1.43. The first kappa shape index (κ1) is 13.4. The maximum atomic E-state index is 10.8. The summed E-state index contributed by atoms with van der Waals surface area (Å²) in [6, 6.07) is 4.12. The Labute approximate surface area is 112 Å². The second kappa shape index (κ2) is 5.31. The Morgan fingerprint density at radius 3 is 2.80 bits per heavy atom. The Bertz CT molecular complexity index is 687. The summed E-state index contributed by atoms with van der Waals surface area (Å²) in [7, 11) is 0. The zero-order valence-corrected chi connectivity index (χ0v) is 10.3. The second-order valence-corrected chi connectivity index (χ2v) is 3.86. The van der Waals surface area contributed by atoms with Crippen molar-refractivity contribution in [3.8, 4) is 11.6 Å². The lowest BCUT2D eigenvalue weighted by Gasteiger charge is -2.07. The number of carboxylic acids is 1. The summed E-state index contributed by atoms with van der Waals surface area (Å²) in [5.74, 6) is -1.07. The molecule has 1 aromatic heterocycles. The van der Waals surface area contributed by atoms with Gasteiger partial charge in [0.05, 0.1) is 23.4 Å². The Kier molecular flexibility index (Phi) is 3.56. The van der Waals surface area contributed by atoms with E-state index < -0.39 is 10.9 Å². The maximum absolute atomic E-state index is 10.8. The fraction of sp³-hybridized carbons (Fsp3) is 0.0833. The van der Waals surface area contributed by atoms with E-state index in [1.165, 1.54) is 24.4 Å². The number of benzene rings is 1. The first-order chi connectivity index (χ1) is 9.47. The van der Waals surface area contributed by atoms with E-state index in [4.69, 9.17) is 9.84 Å². The van der Waals surface area contributed by atoms with E-state index in [9.17, 15) is 14.9 Å². The van der Waals surface area contributed by atoms with Gasteiger partial charge in [0.25, 0.3) is 5.69 Å². The molecular weight excluding hydrogens is 266 g/mol. The highest BCUT2D eigenvalue weighted by Crippen LogP contribution is 2.27. The van der Waals surface area contributed by atoms with Crippen molar-refractivity contribution in [1.29, 1.82) is 0 Å². The number of carboxylic acid groups (broad SMARTS) is 1. The van der Waals surface area contributed by atoms with Gasteiger partial charge in [-0.25, -0.2) is 9.78 Å². The van der Waals surface area contributed by atoms with Gasteiger partial charge in [-0.2, -0.15) is 0 Å². The summed E-state index contributed by atoms with van der Waals surface area (Å²) in [5, 5.41) is 19.5. The minimum Gasteiger partial charge on any atom is -0.476 e. The van der Waals surface area contributed by atoms with Crippen LogP contribution in [0.4, 0.5) is 5.69 Å². The number of aromatic nitrogens is 2. The van der Waals surface area contributed by atoms with Crippen LogP contribution in [0.25, 0.3) is 0 Å². The van der Waals surface area contributed by atoms with Crippen LogP contribution in [0.2, 0.25) is 0 Å². The molecule has 1 heterocycles. The molecule has 0 fully saturated rings. The lowest BCUT2D eigenvalue weighted by atomic mass is 10.2. The van der Waals surface area contributed by atoms with Crippen molar-refractivity contribution in [2.45, 2.75) is 6.92 Å². The number of aryl methyl sites for hydroxylation is 1. The van der Waals surface area contributed by atoms with Gasteiger partial charge in [-0.15, -0.1) is 0 Å². The predicted octanol–water partition coefficient (Wildman–Crippen LogP) is 2.18. The highest BCUT2D eigenvalue weighted by atomic mass is 16.6. The van der Waals surface area contributed by atoms with Gasteiger partial charge < -0.3 is 9.84 Å². The molecule has 0 aliphatic rings. The Hall–Kier alpha value is -3.03. The molecular formula is C12H9N3O5. The molecule has 0 saturated heterocycles. The van der Waals surface area contributed by atoms with Gasteiger partial charge in [-0.05, 0) is 18.6 Å². The third kappa shape index (κ3) is 2.86. The van der Waals surface area contributed by atoms with Crippen molar-refractivity contribution in [1.82, 2.24) is 9.97 Å². The van der Waals surface area contributed by atoms with E-state index >= 15 is 0 Å². The highest BCUT2D eigenvalue weighted by Gasteiger charge is 2.12. The topological polar surface area (TPSA) is 115 Å². The van der Waals surface area contributed by atoms with Crippen LogP contribution in [-0.4, -0.2) is 26.0 Å². The van der Waals surface area contributed by atoms with E-state index in [-0.39, 0.29) is 23.0 Å². The number of hydrogen-bond acceptors (Lipinski definition) is 6. The summed E-state index contributed by atoms with van der Waals surface area (Å²) >= 11 is 0. The van der Waals surface area contributed by atoms with Gasteiger partial charge in [0.1, 0.15) is 5.75 Å². The number of carbonyl (C=O) groups is 1. The van der Waals surface area contributed by atoms with Crippen LogP contribution in [0.1, 0.15) is 16.1 Å². The molecule has 0 radical (unpaired) electrons. The van der Waals surface area contributed by atoms with Crippen molar-refractivity contribution in [3.63, 3.8) is 0 Å². The monoisotopic (exact) mass is 275 g/mol. The van der Waals surface area contributed by atoms with E-state index in [1.807, 2.05) is 0 Å². The molecule has 0 atom stereocenters. The van der Waals surface area contributed by atoms with E-state index in [0.717, 1.165) is 6.20 Å². The quantitative estimate of drug-likeness (QED) is 0.671. The highest BCUT2D eigenvalue weighted by molar-refractivity contribution is 5.84. The third-order valence-electron chi connectivity index (χ3n) is 2.43. The normalized spacial score (nSPS) is 10.1. The third-order valence-corrected chi connectivity index (χ3v) is 2.43. The molecule has 102 valence electrons. The number of nitro groups is 1. The number of non-ortho nitro benzene ring substituents is 1. The molecule has 1 N–H and O–H groups in total. The standard InChI is InChI=1S/C12H9N3O5/c1-7-2-3-8(15(18)19)4-10(7)20-11-6-13-5-9(14-11)12(16)17/h2-6H,1H3,(H,16,17). The van der Waals surface area contributed by atoms with Crippen molar-refractivity contribution >= 4 is 11.7 Å². The summed E-state index contributed by atoms with van der Waals surface area (Å²) < 4.78 is 5.35. The van der Waals surface area contributed by atoms with Crippen molar-refractivity contribution in [2.24, 2.45) is 0 Å². The lowest BCUT2D eigenvalue weighted by Crippen LogP contribution is -2.02. The SMILES string of the molecule is Cc1ccc([N+](=O)[O-])cc1Oc1cncc(C(=O)O)n1. The van der Waals surface area contributed by atoms with Crippen LogP contribution in [-0.2, 0) is 0 Å².